The molecule has 0 N–H and O–H groups in total. The molecule has 0 radical (unpaired) electrons. The van der Waals surface area contributed by atoms with Gasteiger partial charge >= 0.3 is 0 Å². The van der Waals surface area contributed by atoms with Crippen LogP contribution in [0.5, 0.6) is 5.75 Å². The number of aromatic nitrogens is 2. The fourth-order valence-corrected chi connectivity index (χ4v) is 3.28. The van der Waals surface area contributed by atoms with Gasteiger partial charge in [-0.25, -0.2) is 4.68 Å². The number of nitrogens with zero attached hydrogens (tertiary/aromatic N) is 4. The molecule has 0 saturated carbocycles. The monoisotopic (exact) mass is 408 g/mol. The molecule has 0 aliphatic carbocycles. The van der Waals surface area contributed by atoms with Crippen molar-refractivity contribution in [3.8, 4) is 22.7 Å². The van der Waals surface area contributed by atoms with Crippen LogP contribution in [0.1, 0.15) is 10.5 Å². The fraction of sp³-hybridized carbons (Fsp3) is 0.238. The second kappa shape index (κ2) is 8.34. The number of methoxy groups -OCH3 is 1. The van der Waals surface area contributed by atoms with Gasteiger partial charge in [0.2, 0.25) is 0 Å². The number of benzene rings is 2. The lowest BCUT2D eigenvalue weighted by Gasteiger charge is -2.26. The molecule has 1 saturated heterocycles. The first-order chi connectivity index (χ1) is 14.6. The first-order valence-electron chi connectivity index (χ1n) is 9.43. The van der Waals surface area contributed by atoms with Crippen LogP contribution in [-0.4, -0.2) is 58.9 Å². The van der Waals surface area contributed by atoms with Crippen LogP contribution in [0.25, 0.3) is 16.9 Å². The van der Waals surface area contributed by atoms with Crippen LogP contribution in [0.15, 0.2) is 54.6 Å². The van der Waals surface area contributed by atoms with Gasteiger partial charge in [-0.15, -0.1) is 0 Å². The van der Waals surface area contributed by atoms with Crippen LogP contribution < -0.4 is 4.74 Å². The van der Waals surface area contributed by atoms with Gasteiger partial charge in [-0.2, -0.15) is 5.10 Å². The zero-order valence-electron chi connectivity index (χ0n) is 16.4. The van der Waals surface area contributed by atoms with Crippen molar-refractivity contribution in [2.75, 3.05) is 33.4 Å². The Morgan fingerprint density at radius 1 is 1.10 bits per heavy atom. The second-order valence-corrected chi connectivity index (χ2v) is 6.73. The lowest BCUT2D eigenvalue weighted by atomic mass is 10.1. The smallest absolute Gasteiger partial charge is 0.272 e. The molecule has 1 aliphatic heterocycles. The minimum absolute atomic E-state index is 0.0256. The molecule has 0 unspecified atom stereocenters. The molecule has 1 aromatic heterocycles. The molecule has 2 aromatic carbocycles. The third-order valence-corrected chi connectivity index (χ3v) is 4.92. The van der Waals surface area contributed by atoms with E-state index in [-0.39, 0.29) is 11.6 Å². The molecule has 1 fully saturated rings. The number of non-ortho nitro benzene ring substituents is 1. The highest BCUT2D eigenvalue weighted by molar-refractivity contribution is 5.94. The van der Waals surface area contributed by atoms with Gasteiger partial charge in [-0.1, -0.05) is 0 Å². The number of nitro benzene ring substituents is 1. The first kappa shape index (κ1) is 19.6. The summed E-state index contributed by atoms with van der Waals surface area (Å²) in [6.07, 6.45) is 0. The summed E-state index contributed by atoms with van der Waals surface area (Å²) in [7, 11) is 1.59. The number of carbonyl (C=O) groups excluding carboxylic acids is 1. The molecule has 30 heavy (non-hydrogen) atoms. The third-order valence-electron chi connectivity index (χ3n) is 4.92. The van der Waals surface area contributed by atoms with Gasteiger partial charge in [0.05, 0.1) is 36.6 Å². The predicted octanol–water partition coefficient (Wildman–Crippen LogP) is 2.93. The maximum Gasteiger partial charge on any atom is 0.272 e. The Hall–Kier alpha value is -3.72. The minimum Gasteiger partial charge on any atom is -0.497 e. The summed E-state index contributed by atoms with van der Waals surface area (Å²) in [6, 6.07) is 15.1. The van der Waals surface area contributed by atoms with Crippen molar-refractivity contribution in [3.63, 3.8) is 0 Å². The van der Waals surface area contributed by atoms with E-state index in [4.69, 9.17) is 9.47 Å². The van der Waals surface area contributed by atoms with Crippen molar-refractivity contribution in [2.45, 2.75) is 0 Å². The maximum atomic E-state index is 13.2. The van der Waals surface area contributed by atoms with Crippen LogP contribution in [-0.2, 0) is 4.74 Å². The highest BCUT2D eigenvalue weighted by Crippen LogP contribution is 2.26. The van der Waals surface area contributed by atoms with Crippen molar-refractivity contribution < 1.29 is 19.2 Å². The lowest BCUT2D eigenvalue weighted by Crippen LogP contribution is -2.41. The van der Waals surface area contributed by atoms with Gasteiger partial charge in [0.15, 0.2) is 0 Å². The third kappa shape index (κ3) is 3.87. The van der Waals surface area contributed by atoms with E-state index in [0.29, 0.717) is 43.4 Å². The SMILES string of the molecule is COc1ccc(-c2cc(C(=O)N3CCOCC3)n(-c3ccc([N+](=O)[O-])cc3)n2)cc1. The average Bonchev–Trinajstić information content (AvgIpc) is 3.24. The van der Waals surface area contributed by atoms with Gasteiger partial charge in [0.25, 0.3) is 11.6 Å². The number of morpholine rings is 1. The van der Waals surface area contributed by atoms with Crippen LogP contribution >= 0.6 is 0 Å². The van der Waals surface area contributed by atoms with E-state index in [9.17, 15) is 14.9 Å². The highest BCUT2D eigenvalue weighted by Gasteiger charge is 2.24. The predicted molar refractivity (Wildman–Crippen MR) is 109 cm³/mol. The maximum absolute atomic E-state index is 13.2. The molecule has 0 spiro atoms. The molecular weight excluding hydrogens is 388 g/mol. The molecule has 1 amide bonds. The zero-order chi connectivity index (χ0) is 21.1. The van der Waals surface area contributed by atoms with Gasteiger partial charge in [0, 0.05) is 30.8 Å². The number of hydrogen-bond acceptors (Lipinski definition) is 6. The standard InChI is InChI=1S/C21H20N4O5/c1-29-18-8-2-15(3-9-18)19-14-20(21(26)23-10-12-30-13-11-23)24(22-19)16-4-6-17(7-5-16)25(27)28/h2-9,14H,10-13H2,1H3. The summed E-state index contributed by atoms with van der Waals surface area (Å²) in [5.74, 6) is 0.557. The highest BCUT2D eigenvalue weighted by atomic mass is 16.6. The Balaban J connectivity index is 1.76. The molecule has 9 nitrogen and oxygen atoms in total. The van der Waals surface area contributed by atoms with E-state index in [0.717, 1.165) is 11.3 Å². The molecule has 9 heteroatoms. The molecular formula is C21H20N4O5. The number of hydrogen-bond donors (Lipinski definition) is 0. The molecule has 2 heterocycles. The lowest BCUT2D eigenvalue weighted by molar-refractivity contribution is -0.384. The van der Waals surface area contributed by atoms with Crippen LogP contribution in [0, 0.1) is 10.1 Å². The number of nitro groups is 1. The summed E-state index contributed by atoms with van der Waals surface area (Å²) >= 11 is 0. The van der Waals surface area contributed by atoms with Crippen LogP contribution in [0.2, 0.25) is 0 Å². The topological polar surface area (TPSA) is 99.7 Å². The molecule has 3 aromatic rings. The molecule has 154 valence electrons. The summed E-state index contributed by atoms with van der Waals surface area (Å²) in [6.45, 7) is 1.98. The Morgan fingerprint density at radius 2 is 1.77 bits per heavy atom. The van der Waals surface area contributed by atoms with Crippen molar-refractivity contribution in [3.05, 3.63) is 70.4 Å². The normalized spacial score (nSPS) is 13.8. The van der Waals surface area contributed by atoms with E-state index in [1.807, 2.05) is 24.3 Å². The summed E-state index contributed by atoms with van der Waals surface area (Å²) in [5, 5.41) is 15.6. The van der Waals surface area contributed by atoms with Crippen LogP contribution in [0.3, 0.4) is 0 Å². The Morgan fingerprint density at radius 3 is 2.37 bits per heavy atom. The van der Waals surface area contributed by atoms with E-state index in [1.54, 1.807) is 30.2 Å². The largest absolute Gasteiger partial charge is 0.497 e. The van der Waals surface area contributed by atoms with Gasteiger partial charge in [0.1, 0.15) is 11.4 Å². The molecule has 0 bridgehead atoms. The second-order valence-electron chi connectivity index (χ2n) is 6.73. The molecule has 1 aliphatic rings. The number of carbonyl (C=O) groups is 1. The van der Waals surface area contributed by atoms with Crippen molar-refractivity contribution >= 4 is 11.6 Å². The van der Waals surface area contributed by atoms with Gasteiger partial charge < -0.3 is 14.4 Å². The zero-order valence-corrected chi connectivity index (χ0v) is 16.4. The summed E-state index contributed by atoms with van der Waals surface area (Å²) in [4.78, 5) is 25.4. The number of rotatable bonds is 5. The van der Waals surface area contributed by atoms with Gasteiger partial charge in [-0.3, -0.25) is 14.9 Å². The Bertz CT molecular complexity index is 1050. The number of ether oxygens (including phenoxy) is 2. The first-order valence-corrected chi connectivity index (χ1v) is 9.43. The molecule has 0 atom stereocenters. The Labute approximate surface area is 172 Å². The average molecular weight is 408 g/mol. The summed E-state index contributed by atoms with van der Waals surface area (Å²) < 4.78 is 12.1. The summed E-state index contributed by atoms with van der Waals surface area (Å²) in [5.41, 5.74) is 2.37. The fourth-order valence-electron chi connectivity index (χ4n) is 3.28. The van der Waals surface area contributed by atoms with Gasteiger partial charge in [-0.05, 0) is 42.5 Å². The van der Waals surface area contributed by atoms with Crippen LogP contribution in [0.4, 0.5) is 5.69 Å². The van der Waals surface area contributed by atoms with E-state index in [2.05, 4.69) is 5.10 Å². The van der Waals surface area contributed by atoms with Crippen molar-refractivity contribution in [1.82, 2.24) is 14.7 Å². The number of amides is 1. The van der Waals surface area contributed by atoms with E-state index >= 15 is 0 Å². The van der Waals surface area contributed by atoms with Crippen molar-refractivity contribution in [2.24, 2.45) is 0 Å². The van der Waals surface area contributed by atoms with E-state index in [1.165, 1.54) is 16.8 Å². The molecule has 4 rings (SSSR count). The Kier molecular flexibility index (Phi) is 5.44. The van der Waals surface area contributed by atoms with Crippen molar-refractivity contribution in [1.29, 1.82) is 0 Å². The quantitative estimate of drug-likeness (QED) is 0.475. The van der Waals surface area contributed by atoms with E-state index < -0.39 is 4.92 Å². The minimum atomic E-state index is -0.463.